The predicted octanol–water partition coefficient (Wildman–Crippen LogP) is 3.23. The molecular formula is C17H23NO2. The van der Waals surface area contributed by atoms with E-state index in [1.165, 1.54) is 11.1 Å². The van der Waals surface area contributed by atoms with Crippen LogP contribution in [-0.2, 0) is 6.42 Å². The second kappa shape index (κ2) is 7.27. The lowest BCUT2D eigenvalue weighted by Crippen LogP contribution is -2.35. The number of aryl methyl sites for hydroxylation is 1. The quantitative estimate of drug-likeness (QED) is 0.814. The van der Waals surface area contributed by atoms with E-state index in [0.717, 1.165) is 18.6 Å². The van der Waals surface area contributed by atoms with Crippen LogP contribution in [0.15, 0.2) is 47.1 Å². The summed E-state index contributed by atoms with van der Waals surface area (Å²) in [5.74, 6) is 0.787. The zero-order valence-electron chi connectivity index (χ0n) is 12.2. The number of rotatable bonds is 7. The Morgan fingerprint density at radius 1 is 1.20 bits per heavy atom. The van der Waals surface area contributed by atoms with Crippen LogP contribution in [0.1, 0.15) is 36.3 Å². The van der Waals surface area contributed by atoms with Gasteiger partial charge in [0.1, 0.15) is 5.76 Å². The Labute approximate surface area is 120 Å². The van der Waals surface area contributed by atoms with Crippen LogP contribution in [0, 0.1) is 6.92 Å². The molecule has 0 amide bonds. The minimum Gasteiger partial charge on any atom is -0.468 e. The molecule has 0 radical (unpaired) electrons. The fourth-order valence-electron chi connectivity index (χ4n) is 2.33. The van der Waals surface area contributed by atoms with Gasteiger partial charge in [-0.2, -0.15) is 0 Å². The molecule has 0 saturated heterocycles. The van der Waals surface area contributed by atoms with Crippen molar-refractivity contribution in [3.63, 3.8) is 0 Å². The monoisotopic (exact) mass is 273 g/mol. The average molecular weight is 273 g/mol. The molecule has 0 aliphatic rings. The van der Waals surface area contributed by atoms with Gasteiger partial charge in [0.25, 0.3) is 0 Å². The molecule has 20 heavy (non-hydrogen) atoms. The van der Waals surface area contributed by atoms with Gasteiger partial charge in [0.15, 0.2) is 0 Å². The van der Waals surface area contributed by atoms with Gasteiger partial charge < -0.3 is 14.8 Å². The number of hydrogen-bond donors (Lipinski definition) is 2. The van der Waals surface area contributed by atoms with Crippen molar-refractivity contribution in [3.05, 3.63) is 59.5 Å². The zero-order valence-corrected chi connectivity index (χ0v) is 12.2. The third-order valence-electron chi connectivity index (χ3n) is 3.60. The Bertz CT molecular complexity index is 490. The van der Waals surface area contributed by atoms with Gasteiger partial charge in [0.2, 0.25) is 0 Å². The van der Waals surface area contributed by atoms with E-state index in [2.05, 4.69) is 43.4 Å². The Balaban J connectivity index is 1.99. The van der Waals surface area contributed by atoms with Gasteiger partial charge in [-0.1, -0.05) is 36.8 Å². The molecule has 2 unspecified atom stereocenters. The van der Waals surface area contributed by atoms with Gasteiger partial charge in [0.05, 0.1) is 18.9 Å². The number of aliphatic hydroxyl groups is 1. The predicted molar refractivity (Wildman–Crippen MR) is 80.6 cm³/mol. The Kier molecular flexibility index (Phi) is 5.39. The molecule has 0 spiro atoms. The van der Waals surface area contributed by atoms with E-state index in [1.54, 1.807) is 6.26 Å². The molecule has 2 N–H and O–H groups in total. The number of nitrogens with one attached hydrogen (secondary N) is 1. The largest absolute Gasteiger partial charge is 0.468 e. The van der Waals surface area contributed by atoms with Crippen LogP contribution in [0.25, 0.3) is 0 Å². The highest BCUT2D eigenvalue weighted by Crippen LogP contribution is 2.16. The first-order chi connectivity index (χ1) is 9.72. The first-order valence-corrected chi connectivity index (χ1v) is 7.18. The SMILES string of the molecule is CCC(Cc1ccc(C)cc1)NC(CO)c1ccco1. The minimum atomic E-state index is -0.139. The number of aliphatic hydroxyl groups excluding tert-OH is 1. The Hall–Kier alpha value is -1.58. The summed E-state index contributed by atoms with van der Waals surface area (Å²) in [7, 11) is 0. The van der Waals surface area contributed by atoms with Crippen molar-refractivity contribution < 1.29 is 9.52 Å². The van der Waals surface area contributed by atoms with E-state index >= 15 is 0 Å². The molecule has 1 aromatic heterocycles. The lowest BCUT2D eigenvalue weighted by Gasteiger charge is -2.22. The van der Waals surface area contributed by atoms with Crippen LogP contribution in [-0.4, -0.2) is 17.8 Å². The summed E-state index contributed by atoms with van der Waals surface area (Å²) in [4.78, 5) is 0. The normalized spacial score (nSPS) is 14.2. The fraction of sp³-hybridized carbons (Fsp3) is 0.412. The van der Waals surface area contributed by atoms with E-state index in [9.17, 15) is 5.11 Å². The second-order valence-corrected chi connectivity index (χ2v) is 5.21. The molecule has 0 fully saturated rings. The Morgan fingerprint density at radius 2 is 1.95 bits per heavy atom. The molecule has 1 heterocycles. The molecule has 2 rings (SSSR count). The van der Waals surface area contributed by atoms with Crippen molar-refractivity contribution >= 4 is 0 Å². The van der Waals surface area contributed by atoms with Crippen molar-refractivity contribution in [3.8, 4) is 0 Å². The highest BCUT2D eigenvalue weighted by atomic mass is 16.3. The summed E-state index contributed by atoms with van der Waals surface area (Å²) in [5.41, 5.74) is 2.59. The fourth-order valence-corrected chi connectivity index (χ4v) is 2.33. The summed E-state index contributed by atoms with van der Waals surface area (Å²) in [6.07, 6.45) is 3.60. The zero-order chi connectivity index (χ0) is 14.4. The molecule has 1 aromatic carbocycles. The molecule has 0 aliphatic carbocycles. The van der Waals surface area contributed by atoms with E-state index in [-0.39, 0.29) is 12.6 Å². The van der Waals surface area contributed by atoms with Crippen LogP contribution in [0.2, 0.25) is 0 Å². The molecule has 0 saturated carbocycles. The van der Waals surface area contributed by atoms with E-state index < -0.39 is 0 Å². The number of benzene rings is 1. The lowest BCUT2D eigenvalue weighted by molar-refractivity contribution is 0.213. The smallest absolute Gasteiger partial charge is 0.123 e. The van der Waals surface area contributed by atoms with Crippen molar-refractivity contribution in [2.45, 2.75) is 38.8 Å². The summed E-state index contributed by atoms with van der Waals surface area (Å²) >= 11 is 0. The molecule has 0 bridgehead atoms. The van der Waals surface area contributed by atoms with Crippen molar-refractivity contribution in [2.75, 3.05) is 6.61 Å². The third-order valence-corrected chi connectivity index (χ3v) is 3.60. The maximum Gasteiger partial charge on any atom is 0.123 e. The highest BCUT2D eigenvalue weighted by molar-refractivity contribution is 5.22. The molecular weight excluding hydrogens is 250 g/mol. The van der Waals surface area contributed by atoms with Crippen LogP contribution in [0.4, 0.5) is 0 Å². The van der Waals surface area contributed by atoms with Crippen molar-refractivity contribution in [2.24, 2.45) is 0 Å². The first-order valence-electron chi connectivity index (χ1n) is 7.18. The van der Waals surface area contributed by atoms with Gasteiger partial charge in [0, 0.05) is 6.04 Å². The van der Waals surface area contributed by atoms with Gasteiger partial charge in [-0.15, -0.1) is 0 Å². The average Bonchev–Trinajstić information content (AvgIpc) is 2.99. The highest BCUT2D eigenvalue weighted by Gasteiger charge is 2.17. The molecule has 2 aromatic rings. The molecule has 108 valence electrons. The van der Waals surface area contributed by atoms with Crippen LogP contribution in [0.5, 0.6) is 0 Å². The van der Waals surface area contributed by atoms with Gasteiger partial charge in [-0.3, -0.25) is 0 Å². The maximum absolute atomic E-state index is 9.52. The first kappa shape index (κ1) is 14.8. The van der Waals surface area contributed by atoms with E-state index in [0.29, 0.717) is 6.04 Å². The van der Waals surface area contributed by atoms with Gasteiger partial charge in [-0.05, 0) is 37.5 Å². The van der Waals surface area contributed by atoms with E-state index in [1.807, 2.05) is 12.1 Å². The number of furan rings is 1. The van der Waals surface area contributed by atoms with Gasteiger partial charge in [-0.25, -0.2) is 0 Å². The number of hydrogen-bond acceptors (Lipinski definition) is 3. The van der Waals surface area contributed by atoms with Crippen molar-refractivity contribution in [1.29, 1.82) is 0 Å². The van der Waals surface area contributed by atoms with Crippen LogP contribution in [0.3, 0.4) is 0 Å². The molecule has 0 aliphatic heterocycles. The van der Waals surface area contributed by atoms with Crippen LogP contribution < -0.4 is 5.32 Å². The van der Waals surface area contributed by atoms with Crippen LogP contribution >= 0.6 is 0 Å². The minimum absolute atomic E-state index is 0.0396. The third kappa shape index (κ3) is 3.95. The molecule has 3 heteroatoms. The summed E-state index contributed by atoms with van der Waals surface area (Å²) in [6.45, 7) is 4.29. The topological polar surface area (TPSA) is 45.4 Å². The molecule has 2 atom stereocenters. The maximum atomic E-state index is 9.52. The summed E-state index contributed by atoms with van der Waals surface area (Å²) in [6, 6.07) is 12.5. The standard InChI is InChI=1S/C17H23NO2/c1-3-15(11-14-8-6-13(2)7-9-14)18-16(12-19)17-5-4-10-20-17/h4-10,15-16,18-19H,3,11-12H2,1-2H3. The van der Waals surface area contributed by atoms with Gasteiger partial charge >= 0.3 is 0 Å². The summed E-state index contributed by atoms with van der Waals surface area (Å²) in [5, 5.41) is 13.0. The second-order valence-electron chi connectivity index (χ2n) is 5.21. The lowest BCUT2D eigenvalue weighted by atomic mass is 10.0. The molecule has 3 nitrogen and oxygen atoms in total. The van der Waals surface area contributed by atoms with Crippen molar-refractivity contribution in [1.82, 2.24) is 5.32 Å². The van der Waals surface area contributed by atoms with E-state index in [4.69, 9.17) is 4.42 Å². The summed E-state index contributed by atoms with van der Waals surface area (Å²) < 4.78 is 5.38. The Morgan fingerprint density at radius 3 is 2.50 bits per heavy atom.